The molecule has 11 heteroatoms. The maximum Gasteiger partial charge on any atom is 0.245 e. The van der Waals surface area contributed by atoms with Crippen molar-refractivity contribution >= 4 is 31.6 Å². The van der Waals surface area contributed by atoms with E-state index in [1.165, 1.54) is 51.1 Å². The second-order valence-corrected chi connectivity index (χ2v) is 11.9. The van der Waals surface area contributed by atoms with Gasteiger partial charge < -0.3 is 4.74 Å². The Morgan fingerprint density at radius 2 is 1.68 bits per heavy atom. The summed E-state index contributed by atoms with van der Waals surface area (Å²) in [5, 5.41) is 0.433. The summed E-state index contributed by atoms with van der Waals surface area (Å²) in [6, 6.07) is 11.4. The summed E-state index contributed by atoms with van der Waals surface area (Å²) in [7, 11) is -7.51. The number of halogens is 2. The van der Waals surface area contributed by atoms with Crippen molar-refractivity contribution in [2.24, 2.45) is 0 Å². The van der Waals surface area contributed by atoms with Crippen molar-refractivity contribution in [1.29, 1.82) is 0 Å². The highest BCUT2D eigenvalue weighted by atomic mass is 35.5. The van der Waals surface area contributed by atoms with E-state index in [1.54, 1.807) is 6.07 Å². The van der Waals surface area contributed by atoms with Gasteiger partial charge >= 0.3 is 0 Å². The molecule has 2 aliphatic heterocycles. The number of hydrogen-bond acceptors (Lipinski definition) is 5. The third-order valence-corrected chi connectivity index (χ3v) is 9.72. The van der Waals surface area contributed by atoms with Gasteiger partial charge in [0, 0.05) is 37.5 Å². The fourth-order valence-corrected chi connectivity index (χ4v) is 7.47. The van der Waals surface area contributed by atoms with Crippen LogP contribution in [-0.2, 0) is 30.5 Å². The highest BCUT2D eigenvalue weighted by Gasteiger charge is 2.51. The van der Waals surface area contributed by atoms with Gasteiger partial charge in [-0.3, -0.25) is 0 Å². The normalized spacial score (nSPS) is 20.3. The highest BCUT2D eigenvalue weighted by Crippen LogP contribution is 2.39. The monoisotopic (exact) mass is 488 g/mol. The number of sulfonamides is 2. The molecule has 0 bridgehead atoms. The van der Waals surface area contributed by atoms with E-state index in [0.717, 1.165) is 0 Å². The lowest BCUT2D eigenvalue weighted by Gasteiger charge is -2.42. The molecule has 2 aromatic carbocycles. The minimum Gasteiger partial charge on any atom is -0.358 e. The molecule has 2 heterocycles. The molecule has 0 atom stereocenters. The van der Waals surface area contributed by atoms with Crippen molar-refractivity contribution in [2.45, 2.75) is 29.2 Å². The molecule has 31 heavy (non-hydrogen) atoms. The van der Waals surface area contributed by atoms with Gasteiger partial charge in [0.2, 0.25) is 20.0 Å². The number of rotatable bonds is 5. The molecule has 7 nitrogen and oxygen atoms in total. The third-order valence-electron chi connectivity index (χ3n) is 5.66. The molecule has 2 fully saturated rings. The summed E-state index contributed by atoms with van der Waals surface area (Å²) < 4.78 is 74.0. The molecule has 4 rings (SSSR count). The Morgan fingerprint density at radius 1 is 1.00 bits per heavy atom. The van der Waals surface area contributed by atoms with Gasteiger partial charge in [-0.05, 0) is 42.0 Å². The summed E-state index contributed by atoms with van der Waals surface area (Å²) in [4.78, 5) is 0.114. The summed E-state index contributed by atoms with van der Waals surface area (Å²) in [5.74, 6) is -0.807. The van der Waals surface area contributed by atoms with Crippen LogP contribution < -0.4 is 0 Å². The summed E-state index contributed by atoms with van der Waals surface area (Å²) in [6.45, 7) is 0.665. The van der Waals surface area contributed by atoms with Crippen LogP contribution in [0.4, 0.5) is 4.39 Å². The van der Waals surface area contributed by atoms with Crippen LogP contribution in [0, 0.1) is 5.82 Å². The van der Waals surface area contributed by atoms with Crippen molar-refractivity contribution in [3.63, 3.8) is 0 Å². The molecule has 168 valence electrons. The Bertz CT molecular complexity index is 1160. The molecule has 2 aromatic rings. The zero-order valence-electron chi connectivity index (χ0n) is 16.6. The Labute approximate surface area is 186 Å². The molecule has 2 aliphatic rings. The van der Waals surface area contributed by atoms with Crippen LogP contribution in [0.3, 0.4) is 0 Å². The van der Waals surface area contributed by atoms with E-state index in [2.05, 4.69) is 0 Å². The first kappa shape index (κ1) is 22.6. The molecule has 2 saturated heterocycles. The van der Waals surface area contributed by atoms with Crippen LogP contribution in [0.25, 0.3) is 0 Å². The lowest BCUT2D eigenvalue weighted by Crippen LogP contribution is -2.55. The fourth-order valence-electron chi connectivity index (χ4n) is 4.10. The minimum atomic E-state index is -3.83. The molecule has 0 amide bonds. The quantitative estimate of drug-likeness (QED) is 0.646. The average Bonchev–Trinajstić information content (AvgIpc) is 3.12. The standard InChI is InChI=1S/C20H22ClFN2O5S2/c21-17-4-6-19(7-5-17)31(27,28)24-12-13-29-20(24)8-10-23(11-9-20)30(25,26)15-16-2-1-3-18(22)14-16/h1-7,14H,8-13,15H2. The third kappa shape index (κ3) is 4.50. The van der Waals surface area contributed by atoms with Crippen LogP contribution >= 0.6 is 11.6 Å². The summed E-state index contributed by atoms with van der Waals surface area (Å²) >= 11 is 5.87. The molecular weight excluding hydrogens is 467 g/mol. The van der Waals surface area contributed by atoms with Crippen molar-refractivity contribution in [3.8, 4) is 0 Å². The number of nitrogens with zero attached hydrogens (tertiary/aromatic N) is 2. The lowest BCUT2D eigenvalue weighted by molar-refractivity contribution is -0.0806. The van der Waals surface area contributed by atoms with Crippen molar-refractivity contribution in [2.75, 3.05) is 26.2 Å². The molecule has 0 saturated carbocycles. The van der Waals surface area contributed by atoms with Crippen molar-refractivity contribution in [1.82, 2.24) is 8.61 Å². The second-order valence-electron chi connectivity index (χ2n) is 7.61. The van der Waals surface area contributed by atoms with Gasteiger partial charge in [0.1, 0.15) is 11.5 Å². The molecule has 0 aromatic heterocycles. The van der Waals surface area contributed by atoms with Gasteiger partial charge in [-0.15, -0.1) is 0 Å². The van der Waals surface area contributed by atoms with Crippen LogP contribution in [0.5, 0.6) is 0 Å². The van der Waals surface area contributed by atoms with Crippen LogP contribution in [0.1, 0.15) is 18.4 Å². The Hall–Kier alpha value is -1.56. The first-order chi connectivity index (χ1) is 14.6. The first-order valence-corrected chi connectivity index (χ1v) is 13.2. The zero-order chi connectivity index (χ0) is 22.3. The molecule has 0 unspecified atom stereocenters. The fraction of sp³-hybridized carbons (Fsp3) is 0.400. The van der Waals surface area contributed by atoms with Gasteiger partial charge in [-0.2, -0.15) is 4.31 Å². The van der Waals surface area contributed by atoms with E-state index >= 15 is 0 Å². The van der Waals surface area contributed by atoms with E-state index in [-0.39, 0.29) is 49.7 Å². The van der Waals surface area contributed by atoms with Gasteiger partial charge in [0.25, 0.3) is 0 Å². The first-order valence-electron chi connectivity index (χ1n) is 9.77. The second kappa shape index (κ2) is 8.42. The molecule has 0 N–H and O–H groups in total. The van der Waals surface area contributed by atoms with E-state index < -0.39 is 31.6 Å². The van der Waals surface area contributed by atoms with Crippen LogP contribution in [0.15, 0.2) is 53.4 Å². The number of piperidine rings is 1. The van der Waals surface area contributed by atoms with E-state index in [4.69, 9.17) is 16.3 Å². The Kier molecular flexibility index (Phi) is 6.14. The maximum atomic E-state index is 13.4. The SMILES string of the molecule is O=S(=O)(Cc1cccc(F)c1)N1CCC2(CC1)OCCN2S(=O)(=O)c1ccc(Cl)cc1. The van der Waals surface area contributed by atoms with Gasteiger partial charge in [-0.1, -0.05) is 23.7 Å². The Morgan fingerprint density at radius 3 is 2.32 bits per heavy atom. The predicted molar refractivity (Wildman–Crippen MR) is 114 cm³/mol. The van der Waals surface area contributed by atoms with Crippen molar-refractivity contribution in [3.05, 3.63) is 64.9 Å². The average molecular weight is 489 g/mol. The number of benzene rings is 2. The topological polar surface area (TPSA) is 84.0 Å². The maximum absolute atomic E-state index is 13.4. The number of hydrogen-bond donors (Lipinski definition) is 0. The predicted octanol–water partition coefficient (Wildman–Crippen LogP) is 2.82. The van der Waals surface area contributed by atoms with Gasteiger partial charge in [0.05, 0.1) is 17.3 Å². The van der Waals surface area contributed by atoms with E-state index in [0.29, 0.717) is 10.6 Å². The van der Waals surface area contributed by atoms with Crippen molar-refractivity contribution < 1.29 is 26.0 Å². The molecule has 0 aliphatic carbocycles. The molecule has 1 spiro atoms. The lowest BCUT2D eigenvalue weighted by atomic mass is 10.0. The van der Waals surface area contributed by atoms with Crippen LogP contribution in [0.2, 0.25) is 5.02 Å². The largest absolute Gasteiger partial charge is 0.358 e. The summed E-state index contributed by atoms with van der Waals surface area (Å²) in [6.07, 6.45) is 0.421. The van der Waals surface area contributed by atoms with Gasteiger partial charge in [-0.25, -0.2) is 25.5 Å². The smallest absolute Gasteiger partial charge is 0.245 e. The minimum absolute atomic E-state index is 0.114. The molecular formula is C20H22ClFN2O5S2. The molecule has 0 radical (unpaired) electrons. The summed E-state index contributed by atoms with van der Waals surface area (Å²) in [5.41, 5.74) is -0.715. The highest BCUT2D eigenvalue weighted by molar-refractivity contribution is 7.89. The van der Waals surface area contributed by atoms with E-state index in [1.807, 2.05) is 0 Å². The van der Waals surface area contributed by atoms with Gasteiger partial charge in [0.15, 0.2) is 0 Å². The van der Waals surface area contributed by atoms with Crippen LogP contribution in [-0.4, -0.2) is 57.4 Å². The zero-order valence-corrected chi connectivity index (χ0v) is 19.0. The Balaban J connectivity index is 1.50. The number of ether oxygens (including phenoxy) is 1. The van der Waals surface area contributed by atoms with E-state index in [9.17, 15) is 21.2 Å².